The van der Waals surface area contributed by atoms with Crippen LogP contribution in [0.3, 0.4) is 0 Å². The highest BCUT2D eigenvalue weighted by Gasteiger charge is 2.23. The molecule has 6 heteroatoms. The number of aromatic nitrogens is 2. The fraction of sp³-hybridized carbons (Fsp3) is 0.261. The lowest BCUT2D eigenvalue weighted by atomic mass is 9.90. The Balaban J connectivity index is 1.56. The van der Waals surface area contributed by atoms with E-state index in [-0.39, 0.29) is 5.91 Å². The van der Waals surface area contributed by atoms with Gasteiger partial charge in [0.2, 0.25) is 5.91 Å². The molecular weight excluding hydrogens is 362 g/mol. The average molecular weight is 387 g/mol. The third-order valence-electron chi connectivity index (χ3n) is 5.26. The molecule has 1 amide bonds. The molecule has 0 spiro atoms. The van der Waals surface area contributed by atoms with Gasteiger partial charge in [-0.1, -0.05) is 60.7 Å². The van der Waals surface area contributed by atoms with E-state index in [1.807, 2.05) is 66.7 Å². The van der Waals surface area contributed by atoms with Crippen molar-refractivity contribution < 1.29 is 4.79 Å². The molecule has 29 heavy (non-hydrogen) atoms. The number of nitrogens with one attached hydrogen (secondary N) is 1. The number of anilines is 2. The van der Waals surface area contributed by atoms with Crippen LogP contribution in [-0.4, -0.2) is 54.0 Å². The lowest BCUT2D eigenvalue weighted by Gasteiger charge is -2.33. The number of amides is 1. The van der Waals surface area contributed by atoms with Crippen molar-refractivity contribution in [1.29, 1.82) is 0 Å². The predicted molar refractivity (Wildman–Crippen MR) is 115 cm³/mol. The summed E-state index contributed by atoms with van der Waals surface area (Å²) in [6.07, 6.45) is 1.52. The first-order valence-corrected chi connectivity index (χ1v) is 9.87. The number of likely N-dealkylation sites (N-methyl/N-ethyl adjacent to an activating group) is 1. The zero-order valence-electron chi connectivity index (χ0n) is 16.5. The highest BCUT2D eigenvalue weighted by Crippen LogP contribution is 2.26. The van der Waals surface area contributed by atoms with Crippen molar-refractivity contribution in [3.05, 3.63) is 84.2 Å². The maximum Gasteiger partial charge on any atom is 0.237 e. The van der Waals surface area contributed by atoms with Crippen molar-refractivity contribution in [3.8, 4) is 0 Å². The van der Waals surface area contributed by atoms with Crippen molar-refractivity contribution >= 4 is 17.5 Å². The van der Waals surface area contributed by atoms with Gasteiger partial charge < -0.3 is 15.1 Å². The van der Waals surface area contributed by atoms with Crippen LogP contribution >= 0.6 is 0 Å². The summed E-state index contributed by atoms with van der Waals surface area (Å²) in [4.78, 5) is 26.5. The van der Waals surface area contributed by atoms with E-state index in [1.165, 1.54) is 6.33 Å². The topological polar surface area (TPSA) is 61.4 Å². The number of hydrogen-bond acceptors (Lipinski definition) is 5. The van der Waals surface area contributed by atoms with Gasteiger partial charge in [0.25, 0.3) is 0 Å². The minimum atomic E-state index is -0.403. The van der Waals surface area contributed by atoms with Gasteiger partial charge in [-0.2, -0.15) is 0 Å². The Morgan fingerprint density at radius 2 is 1.48 bits per heavy atom. The van der Waals surface area contributed by atoms with Gasteiger partial charge in [-0.05, 0) is 18.2 Å². The highest BCUT2D eigenvalue weighted by molar-refractivity contribution is 5.97. The molecule has 1 saturated heterocycles. The number of rotatable bonds is 5. The van der Waals surface area contributed by atoms with Crippen LogP contribution in [0.4, 0.5) is 11.6 Å². The molecule has 1 aliphatic rings. The first-order chi connectivity index (χ1) is 14.2. The number of piperazine rings is 1. The maximum absolute atomic E-state index is 13.3. The Kier molecular flexibility index (Phi) is 5.81. The molecule has 0 aliphatic carbocycles. The molecule has 1 aromatic heterocycles. The molecule has 4 rings (SSSR count). The zero-order valence-corrected chi connectivity index (χ0v) is 16.5. The second-order valence-electron chi connectivity index (χ2n) is 7.30. The summed E-state index contributed by atoms with van der Waals surface area (Å²) in [5.74, 6) is 0.861. The molecule has 0 bridgehead atoms. The van der Waals surface area contributed by atoms with Crippen LogP contribution in [0, 0.1) is 0 Å². The van der Waals surface area contributed by atoms with E-state index in [1.54, 1.807) is 0 Å². The van der Waals surface area contributed by atoms with Gasteiger partial charge in [-0.15, -0.1) is 0 Å². The van der Waals surface area contributed by atoms with Gasteiger partial charge in [-0.3, -0.25) is 4.79 Å². The van der Waals surface area contributed by atoms with Crippen LogP contribution in [0.25, 0.3) is 0 Å². The Morgan fingerprint density at radius 1 is 0.897 bits per heavy atom. The smallest absolute Gasteiger partial charge is 0.237 e. The fourth-order valence-electron chi connectivity index (χ4n) is 3.61. The normalized spacial score (nSPS) is 14.8. The minimum absolute atomic E-state index is 0.106. The first kappa shape index (κ1) is 19.1. The Morgan fingerprint density at radius 3 is 2.07 bits per heavy atom. The molecule has 148 valence electrons. The van der Waals surface area contributed by atoms with Gasteiger partial charge in [0.05, 0.1) is 5.92 Å². The van der Waals surface area contributed by atoms with Crippen LogP contribution in [0.1, 0.15) is 17.0 Å². The molecule has 2 aromatic carbocycles. The summed E-state index contributed by atoms with van der Waals surface area (Å²) in [6, 6.07) is 21.5. The lowest BCUT2D eigenvalue weighted by Crippen LogP contribution is -2.44. The molecule has 1 N–H and O–H groups in total. The third kappa shape index (κ3) is 4.60. The number of carbonyl (C=O) groups excluding carboxylic acids is 1. The lowest BCUT2D eigenvalue weighted by molar-refractivity contribution is -0.116. The van der Waals surface area contributed by atoms with Gasteiger partial charge in [0.1, 0.15) is 18.0 Å². The van der Waals surface area contributed by atoms with E-state index in [9.17, 15) is 4.79 Å². The van der Waals surface area contributed by atoms with Crippen molar-refractivity contribution in [2.45, 2.75) is 5.92 Å². The molecule has 0 radical (unpaired) electrons. The Bertz CT molecular complexity index is 900. The zero-order chi connectivity index (χ0) is 20.1. The summed E-state index contributed by atoms with van der Waals surface area (Å²) < 4.78 is 0. The van der Waals surface area contributed by atoms with E-state index in [0.717, 1.165) is 43.1 Å². The molecule has 0 atom stereocenters. The molecule has 0 saturated carbocycles. The Hall–Kier alpha value is -3.25. The van der Waals surface area contributed by atoms with Crippen LogP contribution in [0.15, 0.2) is 73.1 Å². The monoisotopic (exact) mass is 387 g/mol. The van der Waals surface area contributed by atoms with Crippen LogP contribution in [0.5, 0.6) is 0 Å². The number of hydrogen-bond donors (Lipinski definition) is 1. The summed E-state index contributed by atoms with van der Waals surface area (Å²) in [7, 11) is 2.12. The summed E-state index contributed by atoms with van der Waals surface area (Å²) in [5, 5.41) is 3.00. The molecule has 2 heterocycles. The Labute approximate surface area is 171 Å². The van der Waals surface area contributed by atoms with Crippen molar-refractivity contribution in [3.63, 3.8) is 0 Å². The number of benzene rings is 2. The van der Waals surface area contributed by atoms with E-state index in [0.29, 0.717) is 5.82 Å². The van der Waals surface area contributed by atoms with Gasteiger partial charge >= 0.3 is 0 Å². The van der Waals surface area contributed by atoms with Gasteiger partial charge in [0.15, 0.2) is 0 Å². The number of carbonyl (C=O) groups is 1. The predicted octanol–water partition coefficient (Wildman–Crippen LogP) is 3.00. The van der Waals surface area contributed by atoms with Crippen LogP contribution < -0.4 is 10.2 Å². The summed E-state index contributed by atoms with van der Waals surface area (Å²) in [6.45, 7) is 3.82. The quantitative estimate of drug-likeness (QED) is 0.729. The molecule has 1 aliphatic heterocycles. The van der Waals surface area contributed by atoms with Crippen molar-refractivity contribution in [1.82, 2.24) is 14.9 Å². The molecule has 1 fully saturated rings. The second kappa shape index (κ2) is 8.84. The van der Waals surface area contributed by atoms with Crippen molar-refractivity contribution in [2.24, 2.45) is 0 Å². The SMILES string of the molecule is CN1CCN(c2cc(NC(=O)C(c3ccccc3)c3ccccc3)ncn2)CC1. The standard InChI is InChI=1S/C23H25N5O/c1-27-12-14-28(15-13-27)21-16-20(24-17-25-21)26-23(29)22(18-8-4-2-5-9-18)19-10-6-3-7-11-19/h2-11,16-17,22H,12-15H2,1H3,(H,24,25,26,29). The van der Waals surface area contributed by atoms with E-state index in [2.05, 4.69) is 32.1 Å². The highest BCUT2D eigenvalue weighted by atomic mass is 16.1. The molecule has 6 nitrogen and oxygen atoms in total. The van der Waals surface area contributed by atoms with E-state index < -0.39 is 5.92 Å². The van der Waals surface area contributed by atoms with E-state index >= 15 is 0 Å². The number of nitrogens with zero attached hydrogens (tertiary/aromatic N) is 4. The fourth-order valence-corrected chi connectivity index (χ4v) is 3.61. The minimum Gasteiger partial charge on any atom is -0.354 e. The summed E-state index contributed by atoms with van der Waals surface area (Å²) >= 11 is 0. The molecule has 3 aromatic rings. The third-order valence-corrected chi connectivity index (χ3v) is 5.26. The van der Waals surface area contributed by atoms with E-state index in [4.69, 9.17) is 0 Å². The van der Waals surface area contributed by atoms with Crippen LogP contribution in [0.2, 0.25) is 0 Å². The molecular formula is C23H25N5O. The first-order valence-electron chi connectivity index (χ1n) is 9.87. The largest absolute Gasteiger partial charge is 0.354 e. The molecule has 0 unspecified atom stereocenters. The maximum atomic E-state index is 13.3. The van der Waals surface area contributed by atoms with Crippen molar-refractivity contribution in [2.75, 3.05) is 43.4 Å². The average Bonchev–Trinajstić information content (AvgIpc) is 2.76. The second-order valence-corrected chi connectivity index (χ2v) is 7.30. The van der Waals surface area contributed by atoms with Gasteiger partial charge in [0, 0.05) is 32.2 Å². The summed E-state index contributed by atoms with van der Waals surface area (Å²) in [5.41, 5.74) is 1.90. The van der Waals surface area contributed by atoms with Gasteiger partial charge in [-0.25, -0.2) is 9.97 Å². The van der Waals surface area contributed by atoms with Crippen LogP contribution in [-0.2, 0) is 4.79 Å².